The molecule has 0 aliphatic carbocycles. The summed E-state index contributed by atoms with van der Waals surface area (Å²) in [5.74, 6) is 0. The van der Waals surface area contributed by atoms with Crippen molar-refractivity contribution in [3.05, 3.63) is 42.1 Å². The number of rotatable bonds is 3. The number of hydrogen-bond donors (Lipinski definition) is 1. The molecule has 20 heavy (non-hydrogen) atoms. The van der Waals surface area contributed by atoms with E-state index in [1.807, 2.05) is 12.3 Å². The summed E-state index contributed by atoms with van der Waals surface area (Å²) < 4.78 is 0. The Morgan fingerprint density at radius 3 is 3.00 bits per heavy atom. The predicted molar refractivity (Wildman–Crippen MR) is 83.4 cm³/mol. The summed E-state index contributed by atoms with van der Waals surface area (Å²) in [6.07, 6.45) is 5.68. The third kappa shape index (κ3) is 2.69. The molecule has 0 saturated carbocycles. The number of pyridine rings is 1. The standard InChI is InChI=1S/C17H23N3/c1-13(18)16-9-2-3-11-20(16)12-15-7-4-6-14-8-5-10-19-17(14)15/h4-8,10,13,16H,2-3,9,11-12,18H2,1H3. The first-order valence-corrected chi connectivity index (χ1v) is 7.58. The number of nitrogens with zero attached hydrogens (tertiary/aromatic N) is 2. The van der Waals surface area contributed by atoms with Crippen LogP contribution in [0.4, 0.5) is 0 Å². The van der Waals surface area contributed by atoms with Crippen molar-refractivity contribution in [2.24, 2.45) is 5.73 Å². The fourth-order valence-electron chi connectivity index (χ4n) is 3.32. The molecule has 1 aromatic heterocycles. The quantitative estimate of drug-likeness (QED) is 0.931. The Hall–Kier alpha value is -1.45. The molecule has 2 atom stereocenters. The topological polar surface area (TPSA) is 42.1 Å². The van der Waals surface area contributed by atoms with Crippen LogP contribution in [0.15, 0.2) is 36.5 Å². The molecule has 2 heterocycles. The molecule has 1 saturated heterocycles. The van der Waals surface area contributed by atoms with Gasteiger partial charge in [-0.15, -0.1) is 0 Å². The lowest BCUT2D eigenvalue weighted by Gasteiger charge is -2.38. The average Bonchev–Trinajstić information content (AvgIpc) is 2.48. The molecule has 2 N–H and O–H groups in total. The van der Waals surface area contributed by atoms with E-state index in [1.54, 1.807) is 0 Å². The van der Waals surface area contributed by atoms with Crippen molar-refractivity contribution in [1.29, 1.82) is 0 Å². The third-order valence-electron chi connectivity index (χ3n) is 4.36. The van der Waals surface area contributed by atoms with Gasteiger partial charge in [-0.2, -0.15) is 0 Å². The lowest BCUT2D eigenvalue weighted by molar-refractivity contribution is 0.123. The van der Waals surface area contributed by atoms with Gasteiger partial charge in [-0.25, -0.2) is 0 Å². The van der Waals surface area contributed by atoms with E-state index >= 15 is 0 Å². The van der Waals surface area contributed by atoms with Crippen LogP contribution in [-0.2, 0) is 6.54 Å². The van der Waals surface area contributed by atoms with Gasteiger partial charge in [-0.3, -0.25) is 9.88 Å². The average molecular weight is 269 g/mol. The van der Waals surface area contributed by atoms with Crippen LogP contribution in [0, 0.1) is 0 Å². The summed E-state index contributed by atoms with van der Waals surface area (Å²) in [6.45, 7) is 4.24. The van der Waals surface area contributed by atoms with E-state index in [-0.39, 0.29) is 6.04 Å². The molecule has 0 amide bonds. The van der Waals surface area contributed by atoms with Crippen LogP contribution < -0.4 is 5.73 Å². The van der Waals surface area contributed by atoms with Gasteiger partial charge in [0.15, 0.2) is 0 Å². The van der Waals surface area contributed by atoms with Gasteiger partial charge in [0.1, 0.15) is 0 Å². The Bertz CT molecular complexity index is 574. The zero-order chi connectivity index (χ0) is 13.9. The van der Waals surface area contributed by atoms with Gasteiger partial charge >= 0.3 is 0 Å². The van der Waals surface area contributed by atoms with Gasteiger partial charge in [-0.05, 0) is 37.9 Å². The second kappa shape index (κ2) is 5.90. The number of hydrogen-bond acceptors (Lipinski definition) is 3. The Morgan fingerprint density at radius 1 is 1.30 bits per heavy atom. The van der Waals surface area contributed by atoms with Crippen molar-refractivity contribution in [2.45, 2.75) is 44.8 Å². The van der Waals surface area contributed by atoms with Gasteiger partial charge in [0.05, 0.1) is 5.52 Å². The van der Waals surface area contributed by atoms with E-state index in [2.05, 4.69) is 41.1 Å². The maximum atomic E-state index is 6.17. The molecule has 1 aliphatic heterocycles. The molecule has 3 nitrogen and oxygen atoms in total. The fourth-order valence-corrected chi connectivity index (χ4v) is 3.32. The molecule has 1 aliphatic rings. The molecule has 1 fully saturated rings. The highest BCUT2D eigenvalue weighted by atomic mass is 15.2. The third-order valence-corrected chi connectivity index (χ3v) is 4.36. The summed E-state index contributed by atoms with van der Waals surface area (Å²) in [5, 5.41) is 1.22. The highest BCUT2D eigenvalue weighted by Crippen LogP contribution is 2.24. The second-order valence-corrected chi connectivity index (χ2v) is 5.88. The van der Waals surface area contributed by atoms with Crippen molar-refractivity contribution in [3.63, 3.8) is 0 Å². The first kappa shape index (κ1) is 13.5. The van der Waals surface area contributed by atoms with Crippen LogP contribution in [-0.4, -0.2) is 28.5 Å². The second-order valence-electron chi connectivity index (χ2n) is 5.88. The van der Waals surface area contributed by atoms with Gasteiger partial charge < -0.3 is 5.73 Å². The molecule has 1 aromatic carbocycles. The Labute approximate surface area is 120 Å². The van der Waals surface area contributed by atoms with E-state index in [0.29, 0.717) is 6.04 Å². The highest BCUT2D eigenvalue weighted by molar-refractivity contribution is 5.81. The van der Waals surface area contributed by atoms with Crippen LogP contribution in [0.3, 0.4) is 0 Å². The molecule has 2 unspecified atom stereocenters. The lowest BCUT2D eigenvalue weighted by atomic mass is 9.96. The van der Waals surface area contributed by atoms with E-state index in [9.17, 15) is 0 Å². The van der Waals surface area contributed by atoms with Crippen molar-refractivity contribution < 1.29 is 0 Å². The van der Waals surface area contributed by atoms with Gasteiger partial charge in [-0.1, -0.05) is 30.7 Å². The first-order chi connectivity index (χ1) is 9.75. The minimum Gasteiger partial charge on any atom is -0.327 e. The Morgan fingerprint density at radius 2 is 2.15 bits per heavy atom. The molecule has 0 radical (unpaired) electrons. The summed E-state index contributed by atoms with van der Waals surface area (Å²) >= 11 is 0. The fraction of sp³-hybridized carbons (Fsp3) is 0.471. The molecule has 2 aromatic rings. The number of fused-ring (bicyclic) bond motifs is 1. The summed E-state index contributed by atoms with van der Waals surface area (Å²) in [7, 11) is 0. The minimum absolute atomic E-state index is 0.234. The first-order valence-electron chi connectivity index (χ1n) is 7.58. The normalized spacial score (nSPS) is 22.0. The van der Waals surface area contributed by atoms with Crippen molar-refractivity contribution in [3.8, 4) is 0 Å². The van der Waals surface area contributed by atoms with Crippen LogP contribution in [0.2, 0.25) is 0 Å². The van der Waals surface area contributed by atoms with Crippen molar-refractivity contribution in [1.82, 2.24) is 9.88 Å². The lowest BCUT2D eigenvalue weighted by Crippen LogP contribution is -2.48. The van der Waals surface area contributed by atoms with E-state index in [1.165, 1.54) is 30.2 Å². The van der Waals surface area contributed by atoms with Gasteiger partial charge in [0.25, 0.3) is 0 Å². The molecular weight excluding hydrogens is 246 g/mol. The van der Waals surface area contributed by atoms with Crippen LogP contribution >= 0.6 is 0 Å². The zero-order valence-electron chi connectivity index (χ0n) is 12.1. The SMILES string of the molecule is CC(N)C1CCCCN1Cc1cccc2cccnc12. The van der Waals surface area contributed by atoms with E-state index in [4.69, 9.17) is 5.73 Å². The number of likely N-dealkylation sites (tertiary alicyclic amines) is 1. The molecule has 3 heteroatoms. The molecular formula is C17H23N3. The van der Waals surface area contributed by atoms with Crippen LogP contribution in [0.5, 0.6) is 0 Å². The van der Waals surface area contributed by atoms with Crippen molar-refractivity contribution in [2.75, 3.05) is 6.54 Å². The Kier molecular flexibility index (Phi) is 3.99. The molecule has 0 spiro atoms. The minimum atomic E-state index is 0.234. The number of piperidine rings is 1. The largest absolute Gasteiger partial charge is 0.327 e. The van der Waals surface area contributed by atoms with Gasteiger partial charge in [0, 0.05) is 30.2 Å². The summed E-state index contributed by atoms with van der Waals surface area (Å²) in [4.78, 5) is 7.10. The van der Waals surface area contributed by atoms with Crippen molar-refractivity contribution >= 4 is 10.9 Å². The highest BCUT2D eigenvalue weighted by Gasteiger charge is 2.25. The summed E-state index contributed by atoms with van der Waals surface area (Å²) in [5.41, 5.74) is 8.61. The molecule has 106 valence electrons. The van der Waals surface area contributed by atoms with Crippen LogP contribution in [0.25, 0.3) is 10.9 Å². The number of nitrogens with two attached hydrogens (primary N) is 1. The maximum absolute atomic E-state index is 6.17. The zero-order valence-corrected chi connectivity index (χ0v) is 12.1. The Balaban J connectivity index is 1.88. The van der Waals surface area contributed by atoms with Gasteiger partial charge in [0.2, 0.25) is 0 Å². The monoisotopic (exact) mass is 269 g/mol. The molecule has 3 rings (SSSR count). The van der Waals surface area contributed by atoms with E-state index in [0.717, 1.165) is 18.6 Å². The van der Waals surface area contributed by atoms with Crippen LogP contribution in [0.1, 0.15) is 31.7 Å². The molecule has 0 bridgehead atoms. The number of benzene rings is 1. The predicted octanol–water partition coefficient (Wildman–Crippen LogP) is 2.94. The van der Waals surface area contributed by atoms with E-state index < -0.39 is 0 Å². The number of aromatic nitrogens is 1. The maximum Gasteiger partial charge on any atom is 0.0746 e. The smallest absolute Gasteiger partial charge is 0.0746 e. The summed E-state index contributed by atoms with van der Waals surface area (Å²) in [6, 6.07) is 11.3. The number of para-hydroxylation sites is 1.